The number of hydrogen-bond donors (Lipinski definition) is 2. The molecule has 0 atom stereocenters. The van der Waals surface area contributed by atoms with Gasteiger partial charge in [-0.05, 0) is 18.6 Å². The number of imidazole rings is 1. The van der Waals surface area contributed by atoms with E-state index in [4.69, 9.17) is 0 Å². The lowest BCUT2D eigenvalue weighted by Gasteiger charge is -2.09. The smallest absolute Gasteiger partial charge is 0.146 e. The summed E-state index contributed by atoms with van der Waals surface area (Å²) in [5.74, 6) is -0.227. The average molecular weight is 205 g/mol. The molecule has 0 amide bonds. The van der Waals surface area contributed by atoms with Gasteiger partial charge in [-0.1, -0.05) is 12.1 Å². The van der Waals surface area contributed by atoms with Crippen LogP contribution < -0.4 is 5.32 Å². The van der Waals surface area contributed by atoms with E-state index in [0.29, 0.717) is 12.2 Å². The maximum absolute atomic E-state index is 13.4. The van der Waals surface area contributed by atoms with Gasteiger partial charge in [0.25, 0.3) is 0 Å². The van der Waals surface area contributed by atoms with Crippen molar-refractivity contribution in [3.8, 4) is 0 Å². The Hall–Kier alpha value is -1.84. The molecule has 2 rings (SSSR count). The Balaban J connectivity index is 2.11. The number of H-pyrrole nitrogens is 1. The summed E-state index contributed by atoms with van der Waals surface area (Å²) in [6.07, 6.45) is 3.31. The van der Waals surface area contributed by atoms with Crippen LogP contribution in [-0.2, 0) is 6.54 Å². The molecule has 0 spiro atoms. The Morgan fingerprint density at radius 3 is 3.00 bits per heavy atom. The summed E-state index contributed by atoms with van der Waals surface area (Å²) >= 11 is 0. The third-order valence-corrected chi connectivity index (χ3v) is 2.23. The van der Waals surface area contributed by atoms with Crippen molar-refractivity contribution in [1.29, 1.82) is 0 Å². The highest BCUT2D eigenvalue weighted by Gasteiger charge is 2.04. The van der Waals surface area contributed by atoms with Crippen LogP contribution in [0, 0.1) is 12.7 Å². The van der Waals surface area contributed by atoms with Gasteiger partial charge in [0.15, 0.2) is 0 Å². The van der Waals surface area contributed by atoms with Crippen molar-refractivity contribution >= 4 is 5.69 Å². The highest BCUT2D eigenvalue weighted by atomic mass is 19.1. The first-order chi connectivity index (χ1) is 7.27. The van der Waals surface area contributed by atoms with Crippen molar-refractivity contribution in [2.75, 3.05) is 5.32 Å². The Labute approximate surface area is 87.4 Å². The van der Waals surface area contributed by atoms with Crippen molar-refractivity contribution in [3.63, 3.8) is 0 Å². The largest absolute Gasteiger partial charge is 0.377 e. The molecule has 78 valence electrons. The molecule has 0 saturated heterocycles. The fourth-order valence-electron chi connectivity index (χ4n) is 1.42. The fourth-order valence-corrected chi connectivity index (χ4v) is 1.42. The van der Waals surface area contributed by atoms with Crippen LogP contribution in [0.25, 0.3) is 0 Å². The lowest BCUT2D eigenvalue weighted by molar-refractivity contribution is 0.629. The molecule has 4 heteroatoms. The minimum atomic E-state index is -0.227. The molecule has 0 aliphatic heterocycles. The second-order valence-electron chi connectivity index (χ2n) is 3.36. The minimum absolute atomic E-state index is 0.227. The molecule has 3 nitrogen and oxygen atoms in total. The van der Waals surface area contributed by atoms with Crippen molar-refractivity contribution in [2.24, 2.45) is 0 Å². The van der Waals surface area contributed by atoms with E-state index >= 15 is 0 Å². The van der Waals surface area contributed by atoms with E-state index in [9.17, 15) is 4.39 Å². The lowest BCUT2D eigenvalue weighted by Crippen LogP contribution is -2.03. The molecular weight excluding hydrogens is 193 g/mol. The van der Waals surface area contributed by atoms with E-state index < -0.39 is 0 Å². The maximum Gasteiger partial charge on any atom is 0.146 e. The van der Waals surface area contributed by atoms with Gasteiger partial charge in [-0.2, -0.15) is 0 Å². The summed E-state index contributed by atoms with van der Waals surface area (Å²) in [6.45, 7) is 2.42. The maximum atomic E-state index is 13.4. The number of rotatable bonds is 3. The van der Waals surface area contributed by atoms with Crippen LogP contribution in [0.4, 0.5) is 10.1 Å². The molecule has 2 N–H and O–H groups in total. The third kappa shape index (κ3) is 2.15. The number of aromatic amines is 1. The quantitative estimate of drug-likeness (QED) is 0.808. The number of hydrogen-bond acceptors (Lipinski definition) is 2. The van der Waals surface area contributed by atoms with E-state index in [1.165, 1.54) is 6.07 Å². The third-order valence-electron chi connectivity index (χ3n) is 2.23. The lowest BCUT2D eigenvalue weighted by atomic mass is 10.2. The molecule has 1 aromatic carbocycles. The molecule has 1 heterocycles. The summed E-state index contributed by atoms with van der Waals surface area (Å²) in [4.78, 5) is 6.84. The van der Waals surface area contributed by atoms with Gasteiger partial charge in [-0.3, -0.25) is 0 Å². The standard InChI is InChI=1S/C11H12FN3/c1-8-3-2-4-10(12)11(8)14-6-9-5-13-7-15-9/h2-5,7,14H,6H2,1H3,(H,13,15). The second-order valence-corrected chi connectivity index (χ2v) is 3.36. The first kappa shape index (κ1) is 9.71. The summed E-state index contributed by atoms with van der Waals surface area (Å²) in [5.41, 5.74) is 2.37. The van der Waals surface area contributed by atoms with Gasteiger partial charge >= 0.3 is 0 Å². The number of halogens is 1. The molecule has 0 fully saturated rings. The molecule has 1 aromatic heterocycles. The first-order valence-corrected chi connectivity index (χ1v) is 4.73. The van der Waals surface area contributed by atoms with Crippen molar-refractivity contribution in [2.45, 2.75) is 13.5 Å². The first-order valence-electron chi connectivity index (χ1n) is 4.73. The van der Waals surface area contributed by atoms with Crippen LogP contribution >= 0.6 is 0 Å². The number of aromatic nitrogens is 2. The van der Waals surface area contributed by atoms with Gasteiger partial charge in [-0.15, -0.1) is 0 Å². The number of anilines is 1. The molecule has 0 aliphatic carbocycles. The van der Waals surface area contributed by atoms with Crippen LogP contribution in [0.3, 0.4) is 0 Å². The summed E-state index contributed by atoms with van der Waals surface area (Å²) in [7, 11) is 0. The van der Waals surface area contributed by atoms with Gasteiger partial charge in [0.2, 0.25) is 0 Å². The molecule has 0 radical (unpaired) electrons. The average Bonchev–Trinajstić information content (AvgIpc) is 2.70. The van der Waals surface area contributed by atoms with E-state index in [-0.39, 0.29) is 5.82 Å². The van der Waals surface area contributed by atoms with Crippen LogP contribution in [0.2, 0.25) is 0 Å². The normalized spacial score (nSPS) is 10.3. The Morgan fingerprint density at radius 1 is 1.47 bits per heavy atom. The molecule has 15 heavy (non-hydrogen) atoms. The Bertz CT molecular complexity index is 417. The number of benzene rings is 1. The SMILES string of the molecule is Cc1cccc(F)c1NCc1cnc[nH]1. The van der Waals surface area contributed by atoms with Gasteiger partial charge in [0.1, 0.15) is 5.82 Å². The molecular formula is C11H12FN3. The number of para-hydroxylation sites is 1. The van der Waals surface area contributed by atoms with Gasteiger partial charge in [0, 0.05) is 6.20 Å². The minimum Gasteiger partial charge on any atom is -0.377 e. The predicted molar refractivity (Wildman–Crippen MR) is 57.1 cm³/mol. The van der Waals surface area contributed by atoms with Crippen LogP contribution in [-0.4, -0.2) is 9.97 Å². The van der Waals surface area contributed by atoms with Crippen LogP contribution in [0.1, 0.15) is 11.3 Å². The monoisotopic (exact) mass is 205 g/mol. The van der Waals surface area contributed by atoms with Crippen LogP contribution in [0.15, 0.2) is 30.7 Å². The molecule has 0 unspecified atom stereocenters. The zero-order chi connectivity index (χ0) is 10.7. The van der Waals surface area contributed by atoms with E-state index in [1.54, 1.807) is 18.6 Å². The van der Waals surface area contributed by atoms with Gasteiger partial charge < -0.3 is 10.3 Å². The molecule has 0 saturated carbocycles. The Kier molecular flexibility index (Phi) is 2.67. The van der Waals surface area contributed by atoms with Gasteiger partial charge in [0.05, 0.1) is 24.3 Å². The highest BCUT2D eigenvalue weighted by Crippen LogP contribution is 2.18. The second kappa shape index (κ2) is 4.13. The topological polar surface area (TPSA) is 40.7 Å². The van der Waals surface area contributed by atoms with Crippen molar-refractivity contribution in [3.05, 3.63) is 47.8 Å². The van der Waals surface area contributed by atoms with Crippen molar-refractivity contribution in [1.82, 2.24) is 9.97 Å². The summed E-state index contributed by atoms with van der Waals surface area (Å²) in [5, 5.41) is 3.04. The number of nitrogens with zero attached hydrogens (tertiary/aromatic N) is 1. The molecule has 2 aromatic rings. The number of nitrogens with one attached hydrogen (secondary N) is 2. The van der Waals surface area contributed by atoms with E-state index in [1.807, 2.05) is 13.0 Å². The van der Waals surface area contributed by atoms with Crippen LogP contribution in [0.5, 0.6) is 0 Å². The summed E-state index contributed by atoms with van der Waals surface area (Å²) in [6, 6.07) is 5.02. The molecule has 0 bridgehead atoms. The fraction of sp³-hybridized carbons (Fsp3) is 0.182. The predicted octanol–water partition coefficient (Wildman–Crippen LogP) is 2.47. The Morgan fingerprint density at radius 2 is 2.33 bits per heavy atom. The number of aryl methyl sites for hydroxylation is 1. The van der Waals surface area contributed by atoms with E-state index in [2.05, 4.69) is 15.3 Å². The highest BCUT2D eigenvalue weighted by molar-refractivity contribution is 5.51. The summed E-state index contributed by atoms with van der Waals surface area (Å²) < 4.78 is 13.4. The van der Waals surface area contributed by atoms with E-state index in [0.717, 1.165) is 11.3 Å². The van der Waals surface area contributed by atoms with Crippen molar-refractivity contribution < 1.29 is 4.39 Å². The van der Waals surface area contributed by atoms with Gasteiger partial charge in [-0.25, -0.2) is 9.37 Å². The zero-order valence-electron chi connectivity index (χ0n) is 8.42. The molecule has 0 aliphatic rings. The zero-order valence-corrected chi connectivity index (χ0v) is 8.42.